The van der Waals surface area contributed by atoms with Gasteiger partial charge in [-0.1, -0.05) is 44.9 Å². The first-order chi connectivity index (χ1) is 16.8. The number of hydrogen-bond acceptors (Lipinski definition) is 6. The average Bonchev–Trinajstić information content (AvgIpc) is 3.48. The molecule has 2 aromatic rings. The Bertz CT molecular complexity index is 1130. The van der Waals surface area contributed by atoms with E-state index in [0.717, 1.165) is 25.7 Å². The van der Waals surface area contributed by atoms with Crippen LogP contribution in [0.1, 0.15) is 56.7 Å². The molecule has 0 spiro atoms. The Balaban J connectivity index is 1.84. The Hall–Kier alpha value is -3.48. The van der Waals surface area contributed by atoms with Gasteiger partial charge < -0.3 is 24.2 Å². The fourth-order valence-electron chi connectivity index (χ4n) is 4.91. The van der Waals surface area contributed by atoms with Crippen molar-refractivity contribution in [3.63, 3.8) is 0 Å². The van der Waals surface area contributed by atoms with E-state index in [2.05, 4.69) is 13.8 Å². The lowest BCUT2D eigenvalue weighted by molar-refractivity contribution is -0.141. The Morgan fingerprint density at radius 1 is 1.03 bits per heavy atom. The van der Waals surface area contributed by atoms with Crippen LogP contribution < -0.4 is 14.2 Å². The van der Waals surface area contributed by atoms with Gasteiger partial charge in [0.15, 0.2) is 11.5 Å². The number of amides is 1. The minimum absolute atomic E-state index is 0.0597. The molecule has 2 fully saturated rings. The van der Waals surface area contributed by atoms with E-state index in [1.807, 2.05) is 12.1 Å². The third-order valence-electron chi connectivity index (χ3n) is 6.61. The van der Waals surface area contributed by atoms with Crippen LogP contribution in [-0.2, 0) is 9.59 Å². The zero-order chi connectivity index (χ0) is 25.1. The molecule has 1 aliphatic heterocycles. The number of ketones is 1. The molecule has 0 radical (unpaired) electrons. The maximum absolute atomic E-state index is 13.4. The van der Waals surface area contributed by atoms with Gasteiger partial charge >= 0.3 is 0 Å². The van der Waals surface area contributed by atoms with E-state index in [0.29, 0.717) is 40.9 Å². The minimum Gasteiger partial charge on any atom is -0.507 e. The number of benzene rings is 2. The molecule has 1 saturated heterocycles. The standard InChI is InChI=1S/C28H33NO6/c1-17(2)16-35-21-11-7-8-19(14-21)26(30)24-25(18-12-13-22(33-3)23(15-18)34-4)29(28(32)27(24)31)20-9-5-6-10-20/h7-8,11-15,17,20,25,30H,5-6,9-10,16H2,1-4H3/b26-24-. The van der Waals surface area contributed by atoms with Crippen LogP contribution in [0.15, 0.2) is 48.0 Å². The number of carbonyl (C=O) groups is 2. The van der Waals surface area contributed by atoms with Crippen molar-refractivity contribution < 1.29 is 28.9 Å². The first kappa shape index (κ1) is 24.6. The molecule has 35 heavy (non-hydrogen) atoms. The number of carbonyl (C=O) groups excluding carboxylic acids is 2. The fourth-order valence-corrected chi connectivity index (χ4v) is 4.91. The van der Waals surface area contributed by atoms with E-state index >= 15 is 0 Å². The molecule has 1 saturated carbocycles. The first-order valence-corrected chi connectivity index (χ1v) is 12.1. The van der Waals surface area contributed by atoms with Crippen LogP contribution in [0.4, 0.5) is 0 Å². The predicted molar refractivity (Wildman–Crippen MR) is 133 cm³/mol. The average molecular weight is 480 g/mol. The third kappa shape index (κ3) is 4.85. The SMILES string of the molecule is COc1ccc(C2/C(=C(/O)c3cccc(OCC(C)C)c3)C(=O)C(=O)N2C2CCCC2)cc1OC. The molecule has 1 unspecified atom stereocenters. The number of hydrogen-bond donors (Lipinski definition) is 1. The van der Waals surface area contributed by atoms with E-state index < -0.39 is 17.7 Å². The molecular weight excluding hydrogens is 446 g/mol. The molecule has 1 amide bonds. The van der Waals surface area contributed by atoms with Gasteiger partial charge in [0.25, 0.3) is 11.7 Å². The van der Waals surface area contributed by atoms with Gasteiger partial charge in [0.1, 0.15) is 11.5 Å². The van der Waals surface area contributed by atoms with Gasteiger partial charge in [-0.25, -0.2) is 0 Å². The van der Waals surface area contributed by atoms with Gasteiger partial charge in [0, 0.05) is 11.6 Å². The van der Waals surface area contributed by atoms with Gasteiger partial charge in [0.2, 0.25) is 0 Å². The molecule has 7 heteroatoms. The number of likely N-dealkylation sites (tertiary alicyclic amines) is 1. The molecule has 1 heterocycles. The minimum atomic E-state index is -0.724. The summed E-state index contributed by atoms with van der Waals surface area (Å²) >= 11 is 0. The number of aliphatic hydroxyl groups excluding tert-OH is 1. The second-order valence-corrected chi connectivity index (χ2v) is 9.49. The Kier molecular flexibility index (Phi) is 7.34. The highest BCUT2D eigenvalue weighted by molar-refractivity contribution is 6.46. The van der Waals surface area contributed by atoms with E-state index in [9.17, 15) is 14.7 Å². The zero-order valence-electron chi connectivity index (χ0n) is 20.7. The highest BCUT2D eigenvalue weighted by Gasteiger charge is 2.49. The maximum Gasteiger partial charge on any atom is 0.295 e. The van der Waals surface area contributed by atoms with Crippen molar-refractivity contribution in [1.82, 2.24) is 4.90 Å². The van der Waals surface area contributed by atoms with Crippen molar-refractivity contribution in [3.8, 4) is 17.2 Å². The summed E-state index contributed by atoms with van der Waals surface area (Å²) < 4.78 is 16.7. The van der Waals surface area contributed by atoms with Crippen molar-refractivity contribution in [2.24, 2.45) is 5.92 Å². The molecule has 7 nitrogen and oxygen atoms in total. The van der Waals surface area contributed by atoms with E-state index in [1.54, 1.807) is 42.3 Å². The molecule has 1 N–H and O–H groups in total. The Morgan fingerprint density at radius 2 is 1.74 bits per heavy atom. The maximum atomic E-state index is 13.4. The van der Waals surface area contributed by atoms with Gasteiger partial charge in [-0.3, -0.25) is 9.59 Å². The zero-order valence-corrected chi connectivity index (χ0v) is 20.7. The molecule has 1 aliphatic carbocycles. The summed E-state index contributed by atoms with van der Waals surface area (Å²) in [6.07, 6.45) is 3.66. The second kappa shape index (κ2) is 10.4. The van der Waals surface area contributed by atoms with Crippen LogP contribution in [0.3, 0.4) is 0 Å². The molecule has 186 valence electrons. The lowest BCUT2D eigenvalue weighted by Crippen LogP contribution is -2.37. The summed E-state index contributed by atoms with van der Waals surface area (Å²) in [6.45, 7) is 4.64. The third-order valence-corrected chi connectivity index (χ3v) is 6.61. The van der Waals surface area contributed by atoms with Gasteiger partial charge in [-0.2, -0.15) is 0 Å². The smallest absolute Gasteiger partial charge is 0.295 e. The van der Waals surface area contributed by atoms with Crippen LogP contribution >= 0.6 is 0 Å². The number of Topliss-reactive ketones (excluding diaryl/α,β-unsaturated/α-hetero) is 1. The fraction of sp³-hybridized carbons (Fsp3) is 0.429. The number of nitrogens with zero attached hydrogens (tertiary/aromatic N) is 1. The largest absolute Gasteiger partial charge is 0.507 e. The summed E-state index contributed by atoms with van der Waals surface area (Å²) in [4.78, 5) is 28.3. The van der Waals surface area contributed by atoms with Gasteiger partial charge in [0.05, 0.1) is 32.4 Å². The topological polar surface area (TPSA) is 85.3 Å². The van der Waals surface area contributed by atoms with E-state index in [4.69, 9.17) is 14.2 Å². The van der Waals surface area contributed by atoms with Crippen LogP contribution in [0, 0.1) is 5.92 Å². The molecular formula is C28H33NO6. The monoisotopic (exact) mass is 479 g/mol. The number of methoxy groups -OCH3 is 2. The molecule has 4 rings (SSSR count). The lowest BCUT2D eigenvalue weighted by Gasteiger charge is -2.31. The first-order valence-electron chi connectivity index (χ1n) is 12.1. The normalized spacial score (nSPS) is 20.0. The van der Waals surface area contributed by atoms with Crippen molar-refractivity contribution in [2.75, 3.05) is 20.8 Å². The predicted octanol–water partition coefficient (Wildman–Crippen LogP) is 5.10. The van der Waals surface area contributed by atoms with Crippen molar-refractivity contribution in [2.45, 2.75) is 51.6 Å². The van der Waals surface area contributed by atoms with Crippen LogP contribution in [-0.4, -0.2) is 48.6 Å². The lowest BCUT2D eigenvalue weighted by atomic mass is 9.94. The number of ether oxygens (including phenoxy) is 3. The van der Waals surface area contributed by atoms with Crippen LogP contribution in [0.25, 0.3) is 5.76 Å². The van der Waals surface area contributed by atoms with Gasteiger partial charge in [-0.15, -0.1) is 0 Å². The molecule has 0 bridgehead atoms. The summed E-state index contributed by atoms with van der Waals surface area (Å²) in [5, 5.41) is 11.4. The Morgan fingerprint density at radius 3 is 2.40 bits per heavy atom. The van der Waals surface area contributed by atoms with Crippen molar-refractivity contribution in [3.05, 3.63) is 59.2 Å². The Labute approximate surface area is 206 Å². The second-order valence-electron chi connectivity index (χ2n) is 9.49. The summed E-state index contributed by atoms with van der Waals surface area (Å²) in [5.74, 6) is 0.506. The highest BCUT2D eigenvalue weighted by atomic mass is 16.5. The van der Waals surface area contributed by atoms with Crippen LogP contribution in [0.2, 0.25) is 0 Å². The molecule has 2 aromatic carbocycles. The molecule has 0 aromatic heterocycles. The summed E-state index contributed by atoms with van der Waals surface area (Å²) in [6, 6.07) is 11.5. The summed E-state index contributed by atoms with van der Waals surface area (Å²) in [7, 11) is 3.09. The van der Waals surface area contributed by atoms with Crippen LogP contribution in [0.5, 0.6) is 17.2 Å². The van der Waals surface area contributed by atoms with E-state index in [-0.39, 0.29) is 17.4 Å². The molecule has 2 aliphatic rings. The summed E-state index contributed by atoms with van der Waals surface area (Å²) in [5.41, 5.74) is 1.19. The van der Waals surface area contributed by atoms with Gasteiger partial charge in [-0.05, 0) is 48.6 Å². The van der Waals surface area contributed by atoms with Crippen molar-refractivity contribution in [1.29, 1.82) is 0 Å². The number of rotatable bonds is 8. The highest BCUT2D eigenvalue weighted by Crippen LogP contribution is 2.45. The van der Waals surface area contributed by atoms with E-state index in [1.165, 1.54) is 7.11 Å². The molecule has 1 atom stereocenters. The quantitative estimate of drug-likeness (QED) is 0.322. The number of aliphatic hydroxyl groups is 1. The van der Waals surface area contributed by atoms with Crippen molar-refractivity contribution >= 4 is 17.4 Å².